The van der Waals surface area contributed by atoms with Gasteiger partial charge in [-0.1, -0.05) is 6.58 Å². The van der Waals surface area contributed by atoms with Crippen LogP contribution in [0.15, 0.2) is 17.1 Å². The second-order valence-electron chi connectivity index (χ2n) is 1.86. The molecule has 0 aromatic carbocycles. The Morgan fingerprint density at radius 1 is 2.00 bits per heavy atom. The molecule has 1 heterocycles. The van der Waals surface area contributed by atoms with Crippen molar-refractivity contribution in [3.8, 4) is 0 Å². The number of nitrogens with zero attached hydrogens (tertiary/aromatic N) is 1. The van der Waals surface area contributed by atoms with E-state index in [0.29, 0.717) is 6.61 Å². The molecule has 1 aliphatic heterocycles. The summed E-state index contributed by atoms with van der Waals surface area (Å²) >= 11 is 0. The van der Waals surface area contributed by atoms with Crippen LogP contribution in [0.3, 0.4) is 0 Å². The zero-order valence-corrected chi connectivity index (χ0v) is 4.92. The van der Waals surface area contributed by atoms with Gasteiger partial charge in [-0.05, 0) is 12.5 Å². The molecule has 8 heavy (non-hydrogen) atoms. The summed E-state index contributed by atoms with van der Waals surface area (Å²) in [7, 11) is 0. The van der Waals surface area contributed by atoms with E-state index in [1.165, 1.54) is 0 Å². The lowest BCUT2D eigenvalue weighted by molar-refractivity contribution is 0.138. The van der Waals surface area contributed by atoms with Crippen LogP contribution >= 0.6 is 0 Å². The van der Waals surface area contributed by atoms with Gasteiger partial charge in [-0.25, -0.2) is 0 Å². The van der Waals surface area contributed by atoms with Crippen molar-refractivity contribution >= 4 is 6.21 Å². The first-order valence-electron chi connectivity index (χ1n) is 2.59. The normalized spacial score (nSPS) is 26.4. The van der Waals surface area contributed by atoms with Crippen LogP contribution in [0.1, 0.15) is 6.92 Å². The van der Waals surface area contributed by atoms with Crippen LogP contribution in [0.5, 0.6) is 0 Å². The smallest absolute Gasteiger partial charge is 0.169 e. The molecule has 44 valence electrons. The van der Waals surface area contributed by atoms with Crippen LogP contribution < -0.4 is 0 Å². The van der Waals surface area contributed by atoms with Gasteiger partial charge in [0.1, 0.15) is 0 Å². The molecule has 0 aliphatic carbocycles. The van der Waals surface area contributed by atoms with Gasteiger partial charge in [-0.15, -0.1) is 0 Å². The van der Waals surface area contributed by atoms with Gasteiger partial charge in [0.15, 0.2) is 6.23 Å². The molecule has 0 aromatic rings. The molecule has 1 atom stereocenters. The Hall–Kier alpha value is -0.630. The highest BCUT2D eigenvalue weighted by Gasteiger charge is 2.09. The molecule has 1 rings (SSSR count). The second kappa shape index (κ2) is 2.09. The van der Waals surface area contributed by atoms with Gasteiger partial charge in [0.2, 0.25) is 0 Å². The van der Waals surface area contributed by atoms with Crippen molar-refractivity contribution in [1.29, 1.82) is 0 Å². The van der Waals surface area contributed by atoms with Crippen LogP contribution in [-0.2, 0) is 4.74 Å². The van der Waals surface area contributed by atoms with E-state index >= 15 is 0 Å². The third-order valence-corrected chi connectivity index (χ3v) is 0.991. The predicted molar refractivity (Wildman–Crippen MR) is 33.0 cm³/mol. The highest BCUT2D eigenvalue weighted by Crippen LogP contribution is 2.07. The lowest BCUT2D eigenvalue weighted by Gasteiger charge is -2.03. The zero-order chi connectivity index (χ0) is 5.98. The summed E-state index contributed by atoms with van der Waals surface area (Å²) in [4.78, 5) is 3.99. The molecule has 0 aromatic heterocycles. The summed E-state index contributed by atoms with van der Waals surface area (Å²) in [5.41, 5.74) is 0.971. The third-order valence-electron chi connectivity index (χ3n) is 0.991. The Morgan fingerprint density at radius 3 is 3.00 bits per heavy atom. The molecule has 2 heteroatoms. The molecule has 0 N–H and O–H groups in total. The third kappa shape index (κ3) is 0.954. The number of ether oxygens (including phenoxy) is 1. The summed E-state index contributed by atoms with van der Waals surface area (Å²) in [5, 5.41) is 0. The number of aliphatic imine (C=N–C) groups is 1. The SMILES string of the molecule is C=C(C)C1N=CCO1. The van der Waals surface area contributed by atoms with Crippen molar-refractivity contribution in [3.05, 3.63) is 12.2 Å². The molecule has 0 amide bonds. The van der Waals surface area contributed by atoms with Gasteiger partial charge in [-0.3, -0.25) is 4.99 Å². The summed E-state index contributed by atoms with van der Waals surface area (Å²) < 4.78 is 5.09. The Kier molecular flexibility index (Phi) is 1.44. The van der Waals surface area contributed by atoms with E-state index in [4.69, 9.17) is 4.74 Å². The topological polar surface area (TPSA) is 21.6 Å². The summed E-state index contributed by atoms with van der Waals surface area (Å²) in [6.45, 7) is 6.24. The zero-order valence-electron chi connectivity index (χ0n) is 4.92. The van der Waals surface area contributed by atoms with Crippen molar-refractivity contribution in [2.45, 2.75) is 13.2 Å². The monoisotopic (exact) mass is 111 g/mol. The lowest BCUT2D eigenvalue weighted by Crippen LogP contribution is -2.03. The molecule has 1 aliphatic rings. The van der Waals surface area contributed by atoms with Gasteiger partial charge >= 0.3 is 0 Å². The van der Waals surface area contributed by atoms with Gasteiger partial charge in [0.05, 0.1) is 6.61 Å². The average molecular weight is 111 g/mol. The molecule has 0 radical (unpaired) electrons. The van der Waals surface area contributed by atoms with Gasteiger partial charge < -0.3 is 4.74 Å². The first-order valence-corrected chi connectivity index (χ1v) is 2.59. The largest absolute Gasteiger partial charge is 0.347 e. The van der Waals surface area contributed by atoms with Crippen LogP contribution in [0.2, 0.25) is 0 Å². The van der Waals surface area contributed by atoms with Gasteiger partial charge in [0, 0.05) is 6.21 Å². The molecule has 0 saturated carbocycles. The fraction of sp³-hybridized carbons (Fsp3) is 0.500. The van der Waals surface area contributed by atoms with Gasteiger partial charge in [0.25, 0.3) is 0 Å². The Bertz CT molecular complexity index is 128. The number of hydrogen-bond acceptors (Lipinski definition) is 2. The first-order chi connectivity index (χ1) is 3.80. The Morgan fingerprint density at radius 2 is 2.75 bits per heavy atom. The highest BCUT2D eigenvalue weighted by atomic mass is 16.5. The quantitative estimate of drug-likeness (QED) is 0.462. The van der Waals surface area contributed by atoms with Crippen LogP contribution in [0.4, 0.5) is 0 Å². The standard InChI is InChI=1S/C6H9NO/c1-5(2)6-7-3-4-8-6/h3,6H,1,4H2,2H3. The van der Waals surface area contributed by atoms with Crippen molar-refractivity contribution in [2.24, 2.45) is 4.99 Å². The highest BCUT2D eigenvalue weighted by molar-refractivity contribution is 5.60. The molecular weight excluding hydrogens is 102 g/mol. The second-order valence-corrected chi connectivity index (χ2v) is 1.86. The van der Waals surface area contributed by atoms with Crippen molar-refractivity contribution in [2.75, 3.05) is 6.61 Å². The van der Waals surface area contributed by atoms with Crippen LogP contribution in [0.25, 0.3) is 0 Å². The van der Waals surface area contributed by atoms with E-state index in [2.05, 4.69) is 11.6 Å². The lowest BCUT2D eigenvalue weighted by atomic mass is 10.3. The van der Waals surface area contributed by atoms with Crippen LogP contribution in [0, 0.1) is 0 Å². The summed E-state index contributed by atoms with van der Waals surface area (Å²) in [6, 6.07) is 0. The predicted octanol–water partition coefficient (Wildman–Crippen LogP) is 0.990. The van der Waals surface area contributed by atoms with E-state index in [1.54, 1.807) is 6.21 Å². The van der Waals surface area contributed by atoms with E-state index in [-0.39, 0.29) is 6.23 Å². The molecule has 0 saturated heterocycles. The fourth-order valence-corrected chi connectivity index (χ4v) is 0.585. The van der Waals surface area contributed by atoms with E-state index in [1.807, 2.05) is 6.92 Å². The maximum atomic E-state index is 5.09. The molecule has 2 nitrogen and oxygen atoms in total. The van der Waals surface area contributed by atoms with E-state index in [0.717, 1.165) is 5.57 Å². The summed E-state index contributed by atoms with van der Waals surface area (Å²) in [6.07, 6.45) is 1.70. The maximum absolute atomic E-state index is 5.09. The Labute approximate surface area is 48.9 Å². The van der Waals surface area contributed by atoms with E-state index < -0.39 is 0 Å². The number of hydrogen-bond donors (Lipinski definition) is 0. The minimum Gasteiger partial charge on any atom is -0.347 e. The first kappa shape index (κ1) is 5.51. The fourth-order valence-electron chi connectivity index (χ4n) is 0.585. The van der Waals surface area contributed by atoms with Crippen molar-refractivity contribution in [3.63, 3.8) is 0 Å². The maximum Gasteiger partial charge on any atom is 0.169 e. The molecule has 0 fully saturated rings. The number of rotatable bonds is 1. The van der Waals surface area contributed by atoms with Crippen LogP contribution in [-0.4, -0.2) is 19.0 Å². The molecule has 0 spiro atoms. The molecule has 0 bridgehead atoms. The molecular formula is C6H9NO. The molecule has 1 unspecified atom stereocenters. The minimum atomic E-state index is -0.0602. The summed E-state index contributed by atoms with van der Waals surface area (Å²) in [5.74, 6) is 0. The van der Waals surface area contributed by atoms with Crippen molar-refractivity contribution < 1.29 is 4.74 Å². The van der Waals surface area contributed by atoms with Crippen molar-refractivity contribution in [1.82, 2.24) is 0 Å². The Balaban J connectivity index is 2.48. The van der Waals surface area contributed by atoms with E-state index in [9.17, 15) is 0 Å². The minimum absolute atomic E-state index is 0.0602. The van der Waals surface area contributed by atoms with Gasteiger partial charge in [-0.2, -0.15) is 0 Å². The average Bonchev–Trinajstić information content (AvgIpc) is 2.12.